The van der Waals surface area contributed by atoms with Gasteiger partial charge in [-0.2, -0.15) is 0 Å². The van der Waals surface area contributed by atoms with Crippen molar-refractivity contribution in [3.63, 3.8) is 0 Å². The van der Waals surface area contributed by atoms with Crippen LogP contribution in [0.1, 0.15) is 11.3 Å². The molecule has 0 fully saturated rings. The van der Waals surface area contributed by atoms with E-state index in [0.29, 0.717) is 24.6 Å². The van der Waals surface area contributed by atoms with Gasteiger partial charge in [-0.05, 0) is 42.8 Å². The van der Waals surface area contributed by atoms with E-state index in [0.717, 1.165) is 5.56 Å². The lowest BCUT2D eigenvalue weighted by atomic mass is 10.2. The second-order valence-electron chi connectivity index (χ2n) is 4.65. The van der Waals surface area contributed by atoms with Gasteiger partial charge in [-0.1, -0.05) is 0 Å². The van der Waals surface area contributed by atoms with Crippen molar-refractivity contribution in [1.82, 2.24) is 0 Å². The number of anilines is 1. The Hall–Kier alpha value is -1.85. The second-order valence-corrected chi connectivity index (χ2v) is 4.65. The van der Waals surface area contributed by atoms with Crippen molar-refractivity contribution < 1.29 is 18.7 Å². The second kappa shape index (κ2) is 7.07. The number of nitrogens with one attached hydrogen (secondary N) is 1. The third kappa shape index (κ3) is 4.68. The Bertz CT molecular complexity index is 508. The Morgan fingerprint density at radius 3 is 2.95 bits per heavy atom. The normalized spacial score (nSPS) is 12.3. The van der Waals surface area contributed by atoms with Gasteiger partial charge in [0, 0.05) is 12.2 Å². The molecule has 5 heteroatoms. The van der Waals surface area contributed by atoms with Crippen LogP contribution in [-0.2, 0) is 11.3 Å². The zero-order valence-electron chi connectivity index (χ0n) is 11.3. The Balaban J connectivity index is 1.70. The first-order valence-corrected chi connectivity index (χ1v) is 6.43. The van der Waals surface area contributed by atoms with Crippen molar-refractivity contribution in [2.75, 3.05) is 18.5 Å². The van der Waals surface area contributed by atoms with Crippen molar-refractivity contribution in [3.8, 4) is 0 Å². The summed E-state index contributed by atoms with van der Waals surface area (Å²) in [6.45, 7) is 2.61. The summed E-state index contributed by atoms with van der Waals surface area (Å²) in [5, 5.41) is 12.7. The van der Waals surface area contributed by atoms with Gasteiger partial charge in [0.2, 0.25) is 0 Å². The average Bonchev–Trinajstić information content (AvgIpc) is 2.88. The third-order valence-corrected chi connectivity index (χ3v) is 2.72. The van der Waals surface area contributed by atoms with Gasteiger partial charge >= 0.3 is 0 Å². The quantitative estimate of drug-likeness (QED) is 0.818. The molecular weight excluding hydrogens is 261 g/mol. The molecule has 1 atom stereocenters. The summed E-state index contributed by atoms with van der Waals surface area (Å²) < 4.78 is 23.6. The minimum atomic E-state index is -0.673. The summed E-state index contributed by atoms with van der Waals surface area (Å²) in [5.41, 5.74) is 1.48. The highest BCUT2D eigenvalue weighted by atomic mass is 19.1. The number of benzene rings is 1. The number of aliphatic hydroxyl groups is 1. The van der Waals surface area contributed by atoms with Crippen LogP contribution in [0.25, 0.3) is 0 Å². The van der Waals surface area contributed by atoms with Crippen molar-refractivity contribution in [2.24, 2.45) is 0 Å². The fraction of sp³-hybridized carbons (Fsp3) is 0.333. The summed E-state index contributed by atoms with van der Waals surface area (Å²) in [6, 6.07) is 8.25. The maximum absolute atomic E-state index is 13.2. The highest BCUT2D eigenvalue weighted by molar-refractivity contribution is 5.46. The molecule has 1 unspecified atom stereocenters. The van der Waals surface area contributed by atoms with Crippen LogP contribution in [0.5, 0.6) is 0 Å². The summed E-state index contributed by atoms with van der Waals surface area (Å²) in [7, 11) is 0. The van der Waals surface area contributed by atoms with Gasteiger partial charge in [0.25, 0.3) is 0 Å². The van der Waals surface area contributed by atoms with E-state index in [4.69, 9.17) is 9.15 Å². The van der Waals surface area contributed by atoms with Crippen LogP contribution >= 0.6 is 0 Å². The highest BCUT2D eigenvalue weighted by Crippen LogP contribution is 2.13. The van der Waals surface area contributed by atoms with E-state index in [1.807, 2.05) is 13.0 Å². The number of hydrogen-bond donors (Lipinski definition) is 2. The largest absolute Gasteiger partial charge is 0.467 e. The summed E-state index contributed by atoms with van der Waals surface area (Å²) in [5.74, 6) is 0.418. The summed E-state index contributed by atoms with van der Waals surface area (Å²) in [4.78, 5) is 0. The predicted octanol–water partition coefficient (Wildman–Crippen LogP) is 2.72. The first kappa shape index (κ1) is 14.6. The Labute approximate surface area is 117 Å². The van der Waals surface area contributed by atoms with Gasteiger partial charge < -0.3 is 19.6 Å². The Morgan fingerprint density at radius 2 is 2.25 bits per heavy atom. The third-order valence-electron chi connectivity index (χ3n) is 2.72. The fourth-order valence-corrected chi connectivity index (χ4v) is 1.82. The van der Waals surface area contributed by atoms with E-state index in [-0.39, 0.29) is 12.4 Å². The van der Waals surface area contributed by atoms with Gasteiger partial charge in [0.1, 0.15) is 18.2 Å². The smallest absolute Gasteiger partial charge is 0.129 e. The lowest BCUT2D eigenvalue weighted by Gasteiger charge is -2.13. The Kier molecular flexibility index (Phi) is 5.15. The molecular formula is C15H18FNO3. The molecule has 108 valence electrons. The lowest BCUT2D eigenvalue weighted by Crippen LogP contribution is -2.24. The van der Waals surface area contributed by atoms with E-state index in [1.165, 1.54) is 12.1 Å². The molecule has 0 aliphatic heterocycles. The fourth-order valence-electron chi connectivity index (χ4n) is 1.82. The molecule has 2 rings (SSSR count). The van der Waals surface area contributed by atoms with Crippen LogP contribution in [-0.4, -0.2) is 24.4 Å². The lowest BCUT2D eigenvalue weighted by molar-refractivity contribution is 0.0282. The SMILES string of the molecule is Cc1cc(F)cc(NCC(O)COCc2ccco2)c1. The number of halogens is 1. The molecule has 1 aromatic carbocycles. The van der Waals surface area contributed by atoms with Crippen LogP contribution in [0.3, 0.4) is 0 Å². The number of furan rings is 1. The number of ether oxygens (including phenoxy) is 1. The van der Waals surface area contributed by atoms with Gasteiger partial charge in [0.05, 0.1) is 19.0 Å². The molecule has 2 aromatic rings. The molecule has 0 saturated heterocycles. The van der Waals surface area contributed by atoms with Crippen molar-refractivity contribution in [3.05, 3.63) is 53.7 Å². The van der Waals surface area contributed by atoms with Crippen LogP contribution in [0.2, 0.25) is 0 Å². The maximum Gasteiger partial charge on any atom is 0.129 e. The number of hydrogen-bond acceptors (Lipinski definition) is 4. The standard InChI is InChI=1S/C15H18FNO3/c1-11-5-12(16)7-13(6-11)17-8-14(18)9-19-10-15-3-2-4-20-15/h2-7,14,17-18H,8-10H2,1H3. The molecule has 0 aliphatic rings. The number of aliphatic hydroxyl groups excluding tert-OH is 1. The van der Waals surface area contributed by atoms with Crippen LogP contribution in [0.4, 0.5) is 10.1 Å². The van der Waals surface area contributed by atoms with Crippen molar-refractivity contribution in [1.29, 1.82) is 0 Å². The van der Waals surface area contributed by atoms with E-state index < -0.39 is 6.10 Å². The molecule has 0 spiro atoms. The first-order valence-electron chi connectivity index (χ1n) is 6.43. The van der Waals surface area contributed by atoms with Crippen molar-refractivity contribution >= 4 is 5.69 Å². The van der Waals surface area contributed by atoms with Crippen LogP contribution in [0, 0.1) is 12.7 Å². The average molecular weight is 279 g/mol. The minimum Gasteiger partial charge on any atom is -0.467 e. The van der Waals surface area contributed by atoms with Crippen LogP contribution in [0.15, 0.2) is 41.0 Å². The molecule has 20 heavy (non-hydrogen) atoms. The number of aryl methyl sites for hydroxylation is 1. The molecule has 0 aliphatic carbocycles. The minimum absolute atomic E-state index is 0.183. The van der Waals surface area contributed by atoms with E-state index in [9.17, 15) is 9.50 Å². The molecule has 4 nitrogen and oxygen atoms in total. The molecule has 1 heterocycles. The molecule has 0 bridgehead atoms. The van der Waals surface area contributed by atoms with E-state index >= 15 is 0 Å². The van der Waals surface area contributed by atoms with Crippen LogP contribution < -0.4 is 5.32 Å². The van der Waals surface area contributed by atoms with Crippen molar-refractivity contribution in [2.45, 2.75) is 19.6 Å². The zero-order valence-corrected chi connectivity index (χ0v) is 11.3. The van der Waals surface area contributed by atoms with Gasteiger partial charge in [-0.15, -0.1) is 0 Å². The molecule has 2 N–H and O–H groups in total. The Morgan fingerprint density at radius 1 is 1.40 bits per heavy atom. The molecule has 0 saturated carbocycles. The van der Waals surface area contributed by atoms with E-state index in [1.54, 1.807) is 18.4 Å². The first-order chi connectivity index (χ1) is 9.63. The monoisotopic (exact) mass is 279 g/mol. The molecule has 0 radical (unpaired) electrons. The van der Waals surface area contributed by atoms with Gasteiger partial charge in [-0.3, -0.25) is 0 Å². The number of rotatable bonds is 7. The zero-order chi connectivity index (χ0) is 14.4. The molecule has 1 aromatic heterocycles. The molecule has 0 amide bonds. The summed E-state index contributed by atoms with van der Waals surface area (Å²) >= 11 is 0. The highest BCUT2D eigenvalue weighted by Gasteiger charge is 2.06. The predicted molar refractivity (Wildman–Crippen MR) is 74.0 cm³/mol. The van der Waals surface area contributed by atoms with Gasteiger partial charge in [-0.25, -0.2) is 4.39 Å². The summed E-state index contributed by atoms with van der Waals surface area (Å²) in [6.07, 6.45) is 0.900. The topological polar surface area (TPSA) is 54.6 Å². The van der Waals surface area contributed by atoms with E-state index in [2.05, 4.69) is 5.32 Å². The van der Waals surface area contributed by atoms with Gasteiger partial charge in [0.15, 0.2) is 0 Å². The maximum atomic E-state index is 13.2.